The molecule has 0 aliphatic heterocycles. The lowest BCUT2D eigenvalue weighted by Crippen LogP contribution is -2.37. The van der Waals surface area contributed by atoms with Crippen LogP contribution in [0.15, 0.2) is 36.5 Å². The van der Waals surface area contributed by atoms with E-state index in [-0.39, 0.29) is 32.0 Å². The Balaban J connectivity index is 4.46. The first-order valence-corrected chi connectivity index (χ1v) is 22.2. The number of esters is 2. The van der Waals surface area contributed by atoms with E-state index in [0.717, 1.165) is 64.2 Å². The summed E-state index contributed by atoms with van der Waals surface area (Å²) >= 11 is 0. The molecule has 304 valence electrons. The van der Waals surface area contributed by atoms with Crippen molar-refractivity contribution in [2.45, 2.75) is 174 Å². The van der Waals surface area contributed by atoms with E-state index in [1.807, 2.05) is 21.1 Å². The Morgan fingerprint density at radius 3 is 1.58 bits per heavy atom. The van der Waals surface area contributed by atoms with Crippen molar-refractivity contribution < 1.29 is 42.1 Å². The van der Waals surface area contributed by atoms with Gasteiger partial charge in [-0.2, -0.15) is 0 Å². The molecule has 0 aliphatic rings. The number of carbonyl (C=O) groups is 2. The van der Waals surface area contributed by atoms with Gasteiger partial charge in [-0.1, -0.05) is 127 Å². The minimum absolute atomic E-state index is 0.0260. The first kappa shape index (κ1) is 50.2. The molecule has 0 aromatic rings. The van der Waals surface area contributed by atoms with Crippen molar-refractivity contribution in [3.8, 4) is 0 Å². The molecular weight excluding hydrogens is 677 g/mol. The van der Waals surface area contributed by atoms with Gasteiger partial charge in [0.1, 0.15) is 19.8 Å². The molecule has 1 unspecified atom stereocenters. The van der Waals surface area contributed by atoms with Crippen LogP contribution in [0.2, 0.25) is 0 Å². The van der Waals surface area contributed by atoms with Gasteiger partial charge in [0.15, 0.2) is 6.10 Å². The Kier molecular flexibility index (Phi) is 33.8. The van der Waals surface area contributed by atoms with Crippen LogP contribution in [0.25, 0.3) is 0 Å². The van der Waals surface area contributed by atoms with Crippen molar-refractivity contribution in [2.24, 2.45) is 0 Å². The number of allylic oxidation sites excluding steroid dienone is 6. The first-order chi connectivity index (χ1) is 25.0. The molecular formula is C42H79NO8P+. The third-order valence-electron chi connectivity index (χ3n) is 8.67. The van der Waals surface area contributed by atoms with Gasteiger partial charge in [-0.25, -0.2) is 4.57 Å². The number of quaternary nitrogens is 1. The Hall–Kier alpha value is -1.77. The standard InChI is InChI=1S/C42H78NO8P/c1-6-8-10-12-14-16-18-20-21-23-25-27-29-31-33-35-42(45)51-40(39-50-52(46,47)49-37-36-43(3,4)5)38-48-41(44)34-32-30-28-26-24-22-19-17-15-13-11-9-7-2/h16,18,20-22,24,40H,6-15,17,19,23,25-39H2,1-5H3/p+1/b18-16+,21-20+,24-22+/t40-/m1/s1. The summed E-state index contributed by atoms with van der Waals surface area (Å²) in [6, 6.07) is 0. The van der Waals surface area contributed by atoms with Crippen LogP contribution in [-0.2, 0) is 32.7 Å². The molecule has 0 spiro atoms. The van der Waals surface area contributed by atoms with Gasteiger partial charge < -0.3 is 18.9 Å². The average molecular weight is 757 g/mol. The van der Waals surface area contributed by atoms with Crippen LogP contribution < -0.4 is 0 Å². The smallest absolute Gasteiger partial charge is 0.462 e. The van der Waals surface area contributed by atoms with Crippen molar-refractivity contribution in [3.63, 3.8) is 0 Å². The number of phosphoric ester groups is 1. The summed E-state index contributed by atoms with van der Waals surface area (Å²) in [5, 5.41) is 0. The minimum Gasteiger partial charge on any atom is -0.462 e. The van der Waals surface area contributed by atoms with Crippen LogP contribution in [-0.4, -0.2) is 74.9 Å². The Morgan fingerprint density at radius 2 is 1.04 bits per heavy atom. The molecule has 0 bridgehead atoms. The van der Waals surface area contributed by atoms with Crippen LogP contribution in [0.5, 0.6) is 0 Å². The van der Waals surface area contributed by atoms with Crippen LogP contribution in [0, 0.1) is 0 Å². The highest BCUT2D eigenvalue weighted by molar-refractivity contribution is 7.47. The van der Waals surface area contributed by atoms with Gasteiger partial charge in [0.2, 0.25) is 0 Å². The van der Waals surface area contributed by atoms with Crippen LogP contribution >= 0.6 is 7.82 Å². The molecule has 0 amide bonds. The lowest BCUT2D eigenvalue weighted by Gasteiger charge is -2.24. The molecule has 0 rings (SSSR count). The molecule has 0 saturated heterocycles. The van der Waals surface area contributed by atoms with Gasteiger partial charge >= 0.3 is 19.8 Å². The average Bonchev–Trinajstić information content (AvgIpc) is 3.09. The van der Waals surface area contributed by atoms with Crippen LogP contribution in [0.1, 0.15) is 168 Å². The van der Waals surface area contributed by atoms with Gasteiger partial charge in [-0.05, 0) is 64.2 Å². The molecule has 0 aliphatic carbocycles. The van der Waals surface area contributed by atoms with E-state index in [1.165, 1.54) is 64.2 Å². The van der Waals surface area contributed by atoms with E-state index in [0.29, 0.717) is 23.9 Å². The van der Waals surface area contributed by atoms with Crippen molar-refractivity contribution in [1.82, 2.24) is 0 Å². The summed E-state index contributed by atoms with van der Waals surface area (Å²) in [7, 11) is 1.45. The predicted octanol–water partition coefficient (Wildman–Crippen LogP) is 11.4. The molecule has 9 nitrogen and oxygen atoms in total. The Bertz CT molecular complexity index is 991. The highest BCUT2D eigenvalue weighted by atomic mass is 31.2. The number of unbranched alkanes of at least 4 members (excludes halogenated alkanes) is 18. The zero-order valence-electron chi connectivity index (χ0n) is 34.0. The Labute approximate surface area is 319 Å². The molecule has 10 heteroatoms. The van der Waals surface area contributed by atoms with Crippen molar-refractivity contribution in [3.05, 3.63) is 36.5 Å². The second-order valence-electron chi connectivity index (χ2n) is 15.0. The normalized spacial score (nSPS) is 14.0. The lowest BCUT2D eigenvalue weighted by atomic mass is 10.1. The van der Waals surface area contributed by atoms with Crippen LogP contribution in [0.3, 0.4) is 0 Å². The van der Waals surface area contributed by atoms with Gasteiger partial charge in [0.05, 0.1) is 27.7 Å². The van der Waals surface area contributed by atoms with Crippen molar-refractivity contribution in [1.29, 1.82) is 0 Å². The van der Waals surface area contributed by atoms with Gasteiger partial charge in [0.25, 0.3) is 0 Å². The molecule has 0 radical (unpaired) electrons. The molecule has 1 N–H and O–H groups in total. The van der Waals surface area contributed by atoms with Crippen molar-refractivity contribution >= 4 is 19.8 Å². The number of hydrogen-bond donors (Lipinski definition) is 1. The summed E-state index contributed by atoms with van der Waals surface area (Å²) in [5.74, 6) is -0.836. The molecule has 52 heavy (non-hydrogen) atoms. The Morgan fingerprint density at radius 1 is 0.596 bits per heavy atom. The molecule has 0 aromatic heterocycles. The maximum absolute atomic E-state index is 12.6. The molecule has 0 heterocycles. The number of phosphoric acid groups is 1. The van der Waals surface area contributed by atoms with E-state index in [9.17, 15) is 19.0 Å². The number of carbonyl (C=O) groups excluding carboxylic acids is 2. The van der Waals surface area contributed by atoms with Gasteiger partial charge in [-0.3, -0.25) is 18.6 Å². The molecule has 2 atom stereocenters. The quantitative estimate of drug-likeness (QED) is 0.0167. The highest BCUT2D eigenvalue weighted by Crippen LogP contribution is 2.43. The second-order valence-corrected chi connectivity index (χ2v) is 16.5. The number of likely N-dealkylation sites (N-methyl/N-ethyl adjacent to an activating group) is 1. The summed E-state index contributed by atoms with van der Waals surface area (Å²) in [5.41, 5.74) is 0. The minimum atomic E-state index is -4.38. The topological polar surface area (TPSA) is 108 Å². The number of ether oxygens (including phenoxy) is 2. The summed E-state index contributed by atoms with van der Waals surface area (Å²) in [4.78, 5) is 35.2. The molecule has 0 aromatic carbocycles. The summed E-state index contributed by atoms with van der Waals surface area (Å²) < 4.78 is 34.2. The van der Waals surface area contributed by atoms with Gasteiger partial charge in [-0.15, -0.1) is 0 Å². The first-order valence-electron chi connectivity index (χ1n) is 20.7. The maximum atomic E-state index is 12.6. The predicted molar refractivity (Wildman–Crippen MR) is 215 cm³/mol. The fourth-order valence-electron chi connectivity index (χ4n) is 5.35. The molecule has 0 fully saturated rings. The zero-order chi connectivity index (χ0) is 38.6. The van der Waals surface area contributed by atoms with E-state index in [1.54, 1.807) is 0 Å². The summed E-state index contributed by atoms with van der Waals surface area (Å²) in [6.07, 6.45) is 37.6. The van der Waals surface area contributed by atoms with Crippen LogP contribution in [0.4, 0.5) is 0 Å². The number of rotatable bonds is 37. The van der Waals surface area contributed by atoms with E-state index >= 15 is 0 Å². The van der Waals surface area contributed by atoms with Crippen molar-refractivity contribution in [2.75, 3.05) is 47.5 Å². The molecule has 0 saturated carbocycles. The summed E-state index contributed by atoms with van der Waals surface area (Å²) in [6.45, 7) is 4.34. The third kappa shape index (κ3) is 38.0. The maximum Gasteiger partial charge on any atom is 0.472 e. The third-order valence-corrected chi connectivity index (χ3v) is 9.65. The fourth-order valence-corrected chi connectivity index (χ4v) is 6.09. The zero-order valence-corrected chi connectivity index (χ0v) is 34.9. The number of hydrogen-bond acceptors (Lipinski definition) is 7. The fraction of sp³-hybridized carbons (Fsp3) is 0.810. The monoisotopic (exact) mass is 757 g/mol. The van der Waals surface area contributed by atoms with E-state index < -0.39 is 26.5 Å². The lowest BCUT2D eigenvalue weighted by molar-refractivity contribution is -0.870. The largest absolute Gasteiger partial charge is 0.472 e. The van der Waals surface area contributed by atoms with Gasteiger partial charge in [0, 0.05) is 12.8 Å². The van der Waals surface area contributed by atoms with E-state index in [4.69, 9.17) is 18.5 Å². The second kappa shape index (κ2) is 35.0. The SMILES string of the molecule is CCCCCC/C=C/C=C/CCCCCCCC(=O)O[C@H](COC(=O)CCCCC/C=C/CCCCCCCC)COP(=O)(O)OCC[N+](C)(C)C. The highest BCUT2D eigenvalue weighted by Gasteiger charge is 2.27. The van der Waals surface area contributed by atoms with E-state index in [2.05, 4.69) is 50.3 Å². The number of nitrogens with zero attached hydrogens (tertiary/aromatic N) is 1.